The average molecular weight is 263 g/mol. The highest BCUT2D eigenvalue weighted by atomic mass is 32.2. The summed E-state index contributed by atoms with van der Waals surface area (Å²) in [6.07, 6.45) is 0. The molecule has 1 aromatic carbocycles. The van der Waals surface area contributed by atoms with Crippen LogP contribution in [0.4, 0.5) is 0 Å². The summed E-state index contributed by atoms with van der Waals surface area (Å²) in [4.78, 5) is 15.3. The molecule has 18 heavy (non-hydrogen) atoms. The third-order valence-electron chi connectivity index (χ3n) is 3.07. The second kappa shape index (κ2) is 4.66. The maximum atomic E-state index is 12.4. The predicted molar refractivity (Wildman–Crippen MR) is 70.2 cm³/mol. The fraction of sp³-hybridized carbons (Fsp3) is 0.308. The summed E-state index contributed by atoms with van der Waals surface area (Å²) in [6.45, 7) is 1.27. The van der Waals surface area contributed by atoms with Crippen LogP contribution >= 0.6 is 0 Å². The number of H-pyrrole nitrogens is 1. The quantitative estimate of drug-likeness (QED) is 0.767. The van der Waals surface area contributed by atoms with Gasteiger partial charge in [0.25, 0.3) is 0 Å². The van der Waals surface area contributed by atoms with Crippen LogP contribution in [0.1, 0.15) is 0 Å². The zero-order chi connectivity index (χ0) is 12.5. The van der Waals surface area contributed by atoms with Gasteiger partial charge < -0.3 is 14.8 Å². The topological polar surface area (TPSA) is 65.2 Å². The number of aromatic amines is 1. The summed E-state index contributed by atoms with van der Waals surface area (Å²) >= 11 is 0. The Morgan fingerprint density at radius 3 is 2.72 bits per heavy atom. The van der Waals surface area contributed by atoms with Crippen LogP contribution in [-0.4, -0.2) is 29.7 Å². The molecule has 2 heterocycles. The molecule has 1 N–H and O–H groups in total. The Hall–Kier alpha value is -1.46. The molecule has 5 heteroatoms. The highest BCUT2D eigenvalue weighted by molar-refractivity contribution is 7.97. The number of aromatic nitrogens is 1. The number of ether oxygens (including phenoxy) is 1. The van der Waals surface area contributed by atoms with Crippen molar-refractivity contribution in [3.05, 3.63) is 34.6 Å². The van der Waals surface area contributed by atoms with E-state index in [1.165, 1.54) is 0 Å². The van der Waals surface area contributed by atoms with E-state index in [0.717, 1.165) is 11.5 Å². The number of fused-ring (bicyclic) bond motifs is 1. The van der Waals surface area contributed by atoms with Crippen molar-refractivity contribution in [2.24, 2.45) is 0 Å². The van der Waals surface area contributed by atoms with Gasteiger partial charge in [-0.2, -0.15) is 0 Å². The summed E-state index contributed by atoms with van der Waals surface area (Å²) in [5.41, 5.74) is 0.386. The average Bonchev–Trinajstić information content (AvgIpc) is 2.40. The summed E-state index contributed by atoms with van der Waals surface area (Å²) in [6, 6.07) is 7.16. The lowest BCUT2D eigenvalue weighted by atomic mass is 10.2. The lowest BCUT2D eigenvalue weighted by molar-refractivity contribution is -0.270. The van der Waals surface area contributed by atoms with Crippen LogP contribution in [0.2, 0.25) is 0 Å². The molecule has 0 aliphatic carbocycles. The molecule has 0 atom stereocenters. The van der Waals surface area contributed by atoms with Crippen LogP contribution in [0.5, 0.6) is 5.75 Å². The molecular formula is C13H13NO3S. The van der Waals surface area contributed by atoms with Crippen LogP contribution in [-0.2, 0) is 15.6 Å². The zero-order valence-corrected chi connectivity index (χ0v) is 10.6. The standard InChI is InChI=1S/C13H13NO3S/c15-11-9-3-1-2-4-10(9)14-13(16)12(11)18-7-5-17-6-8-18/h1-4H,5-8H2,(H-,14,15,16). The molecule has 4 nitrogen and oxygen atoms in total. The SMILES string of the molecule is O=c1[nH]c2ccccc2c([O-])c1[S+]1CCOCC1. The third kappa shape index (κ3) is 1.89. The first-order valence-electron chi connectivity index (χ1n) is 5.84. The van der Waals surface area contributed by atoms with Crippen LogP contribution in [0.25, 0.3) is 10.9 Å². The van der Waals surface area contributed by atoms with E-state index >= 15 is 0 Å². The maximum Gasteiger partial charge on any atom is 0.303 e. The van der Waals surface area contributed by atoms with Crippen molar-refractivity contribution in [2.75, 3.05) is 24.7 Å². The van der Waals surface area contributed by atoms with Crippen molar-refractivity contribution in [1.82, 2.24) is 4.98 Å². The molecule has 1 fully saturated rings. The number of pyridine rings is 1. The van der Waals surface area contributed by atoms with Gasteiger partial charge in [-0.25, -0.2) is 0 Å². The van der Waals surface area contributed by atoms with E-state index in [4.69, 9.17) is 4.74 Å². The molecule has 0 saturated carbocycles. The number of rotatable bonds is 1. The Morgan fingerprint density at radius 1 is 1.22 bits per heavy atom. The van der Waals surface area contributed by atoms with Gasteiger partial charge in [-0.15, -0.1) is 0 Å². The largest absolute Gasteiger partial charge is 0.868 e. The fourth-order valence-corrected chi connectivity index (χ4v) is 4.12. The van der Waals surface area contributed by atoms with Gasteiger partial charge >= 0.3 is 5.56 Å². The molecule has 1 saturated heterocycles. The second-order valence-corrected chi connectivity index (χ2v) is 6.38. The minimum absolute atomic E-state index is 0.111. The Morgan fingerprint density at radius 2 is 1.94 bits per heavy atom. The second-order valence-electron chi connectivity index (χ2n) is 4.17. The van der Waals surface area contributed by atoms with E-state index < -0.39 is 0 Å². The van der Waals surface area contributed by atoms with Crippen molar-refractivity contribution in [3.63, 3.8) is 0 Å². The van der Waals surface area contributed by atoms with Gasteiger partial charge in [-0.1, -0.05) is 18.2 Å². The van der Waals surface area contributed by atoms with Gasteiger partial charge in [0.15, 0.2) is 0 Å². The van der Waals surface area contributed by atoms with Gasteiger partial charge in [-0.05, 0) is 17.2 Å². The molecule has 1 aliphatic rings. The van der Waals surface area contributed by atoms with Gasteiger partial charge in [0.05, 0.1) is 13.2 Å². The molecular weight excluding hydrogens is 250 g/mol. The maximum absolute atomic E-state index is 12.4. The molecule has 1 aromatic heterocycles. The number of benzene rings is 1. The lowest BCUT2D eigenvalue weighted by Crippen LogP contribution is -2.32. The molecule has 1 aliphatic heterocycles. The van der Waals surface area contributed by atoms with Gasteiger partial charge in [0.1, 0.15) is 11.5 Å². The van der Waals surface area contributed by atoms with E-state index in [2.05, 4.69) is 4.98 Å². The highest BCUT2D eigenvalue weighted by Gasteiger charge is 2.29. The minimum atomic E-state index is -0.268. The van der Waals surface area contributed by atoms with Crippen LogP contribution in [0.15, 0.2) is 34.0 Å². The van der Waals surface area contributed by atoms with E-state index in [1.807, 2.05) is 12.1 Å². The van der Waals surface area contributed by atoms with Crippen molar-refractivity contribution in [3.8, 4) is 5.75 Å². The first-order chi connectivity index (χ1) is 8.77. The molecule has 0 spiro atoms. The molecule has 94 valence electrons. The third-order valence-corrected chi connectivity index (χ3v) is 5.34. The minimum Gasteiger partial charge on any atom is -0.868 e. The Bertz CT molecular complexity index is 632. The van der Waals surface area contributed by atoms with Crippen LogP contribution in [0, 0.1) is 0 Å². The first-order valence-corrected chi connectivity index (χ1v) is 7.41. The van der Waals surface area contributed by atoms with Crippen molar-refractivity contribution in [1.29, 1.82) is 0 Å². The Kier molecular flexibility index (Phi) is 3.01. The molecule has 0 unspecified atom stereocenters. The van der Waals surface area contributed by atoms with E-state index in [1.54, 1.807) is 12.1 Å². The number of nitrogens with one attached hydrogen (secondary N) is 1. The van der Waals surface area contributed by atoms with Crippen LogP contribution < -0.4 is 10.7 Å². The monoisotopic (exact) mass is 263 g/mol. The zero-order valence-electron chi connectivity index (χ0n) is 9.77. The number of hydrogen-bond acceptors (Lipinski definition) is 3. The van der Waals surface area contributed by atoms with Crippen LogP contribution in [0.3, 0.4) is 0 Å². The van der Waals surface area contributed by atoms with Gasteiger partial charge in [-0.3, -0.25) is 4.79 Å². The first kappa shape index (κ1) is 11.6. The van der Waals surface area contributed by atoms with Crippen molar-refractivity contribution in [2.45, 2.75) is 4.90 Å². The fourth-order valence-electron chi connectivity index (χ4n) is 2.18. The van der Waals surface area contributed by atoms with Crippen molar-refractivity contribution >= 4 is 21.8 Å². The molecule has 2 aromatic rings. The highest BCUT2D eigenvalue weighted by Crippen LogP contribution is 2.27. The van der Waals surface area contributed by atoms with E-state index in [-0.39, 0.29) is 22.2 Å². The summed E-state index contributed by atoms with van der Waals surface area (Å²) in [5, 5.41) is 13.0. The van der Waals surface area contributed by atoms with E-state index in [9.17, 15) is 9.90 Å². The summed E-state index contributed by atoms with van der Waals surface area (Å²) in [5.74, 6) is 1.44. The molecule has 3 rings (SSSR count). The Labute approximate surface area is 107 Å². The number of para-hydroxylation sites is 1. The van der Waals surface area contributed by atoms with E-state index in [0.29, 0.717) is 29.0 Å². The Balaban J connectivity index is 2.19. The van der Waals surface area contributed by atoms with Gasteiger partial charge in [0, 0.05) is 16.4 Å². The lowest BCUT2D eigenvalue weighted by Gasteiger charge is -2.19. The molecule has 0 amide bonds. The number of hydrogen-bond donors (Lipinski definition) is 1. The van der Waals surface area contributed by atoms with Crippen molar-refractivity contribution < 1.29 is 9.84 Å². The molecule has 0 bridgehead atoms. The predicted octanol–water partition coefficient (Wildman–Crippen LogP) is 0.609. The summed E-state index contributed by atoms with van der Waals surface area (Å²) < 4.78 is 5.28. The normalized spacial score (nSPS) is 17.1. The smallest absolute Gasteiger partial charge is 0.303 e. The molecule has 0 radical (unpaired) electrons. The van der Waals surface area contributed by atoms with Gasteiger partial charge in [0.2, 0.25) is 4.90 Å². The summed E-state index contributed by atoms with van der Waals surface area (Å²) in [7, 11) is -0.268.